The zero-order valence-electron chi connectivity index (χ0n) is 22.4. The summed E-state index contributed by atoms with van der Waals surface area (Å²) in [4.78, 5) is 0. The first kappa shape index (κ1) is 22.7. The Balaban J connectivity index is 1.39. The molecule has 1 aliphatic heterocycles. The van der Waals surface area contributed by atoms with Gasteiger partial charge in [-0.2, -0.15) is 0 Å². The van der Waals surface area contributed by atoms with Crippen LogP contribution >= 0.6 is 0 Å². The second-order valence-electron chi connectivity index (χ2n) is 11.2. The van der Waals surface area contributed by atoms with E-state index in [4.69, 9.17) is 4.74 Å². The number of fused-ring (bicyclic) bond motifs is 8. The molecular weight excluding hydrogens is 496 g/mol. The number of hydrogen-bond donors (Lipinski definition) is 0. The summed E-state index contributed by atoms with van der Waals surface area (Å²) < 4.78 is 6.29. The van der Waals surface area contributed by atoms with Gasteiger partial charge in [0.2, 0.25) is 0 Å². The van der Waals surface area contributed by atoms with Crippen LogP contribution in [0.1, 0.15) is 11.5 Å². The molecule has 0 amide bonds. The van der Waals surface area contributed by atoms with Crippen LogP contribution in [0.15, 0.2) is 146 Å². The van der Waals surface area contributed by atoms with Gasteiger partial charge < -0.3 is 4.74 Å². The highest BCUT2D eigenvalue weighted by Crippen LogP contribution is 2.48. The van der Waals surface area contributed by atoms with Crippen LogP contribution in [-0.2, 0) is 0 Å². The van der Waals surface area contributed by atoms with Crippen LogP contribution in [-0.4, -0.2) is 6.10 Å². The summed E-state index contributed by atoms with van der Waals surface area (Å²) in [5, 5.41) is 10.2. The molecule has 2 aliphatic rings. The van der Waals surface area contributed by atoms with Gasteiger partial charge in [-0.25, -0.2) is 0 Å². The summed E-state index contributed by atoms with van der Waals surface area (Å²) in [5.41, 5.74) is 6.37. The van der Waals surface area contributed by atoms with E-state index in [2.05, 4.69) is 146 Å². The third-order valence-electron chi connectivity index (χ3n) is 8.97. The van der Waals surface area contributed by atoms with Gasteiger partial charge in [0.05, 0.1) is 0 Å². The minimum absolute atomic E-state index is 0.0855. The van der Waals surface area contributed by atoms with E-state index < -0.39 is 0 Å². The molecule has 0 aromatic heterocycles. The molecule has 2 atom stereocenters. The lowest BCUT2D eigenvalue weighted by Crippen LogP contribution is -2.15. The lowest BCUT2D eigenvalue weighted by atomic mass is 9.83. The van der Waals surface area contributed by atoms with Gasteiger partial charge in [-0.05, 0) is 89.6 Å². The SMILES string of the molecule is C1=CC2Oc3ccc(-c4c5ccccc5c(-c5cc6ccccc6c6ccccc56)c5ccccc45)cc3C2C=C1. The lowest BCUT2D eigenvalue weighted by Gasteiger charge is -2.20. The van der Waals surface area contributed by atoms with Crippen molar-refractivity contribution in [3.63, 3.8) is 0 Å². The highest BCUT2D eigenvalue weighted by Gasteiger charge is 2.32. The summed E-state index contributed by atoms with van der Waals surface area (Å²) in [6.07, 6.45) is 8.74. The molecule has 0 spiro atoms. The first-order valence-electron chi connectivity index (χ1n) is 14.4. The van der Waals surface area contributed by atoms with Crippen LogP contribution in [0.5, 0.6) is 5.75 Å². The van der Waals surface area contributed by atoms with Crippen molar-refractivity contribution in [3.05, 3.63) is 151 Å². The van der Waals surface area contributed by atoms with Gasteiger partial charge in [-0.1, -0.05) is 121 Å². The van der Waals surface area contributed by atoms with Gasteiger partial charge in [-0.3, -0.25) is 0 Å². The molecule has 0 radical (unpaired) electrons. The van der Waals surface area contributed by atoms with E-state index in [1.807, 2.05) is 0 Å². The zero-order chi connectivity index (χ0) is 26.9. The Morgan fingerprint density at radius 1 is 0.463 bits per heavy atom. The fourth-order valence-electron chi connectivity index (χ4n) is 7.19. The first-order chi connectivity index (χ1) is 20.3. The highest BCUT2D eigenvalue weighted by atomic mass is 16.5. The highest BCUT2D eigenvalue weighted by molar-refractivity contribution is 6.25. The quantitative estimate of drug-likeness (QED) is 0.162. The standard InChI is InChI=1S/C40H26O/c1-2-12-27-25(11-1)23-36(29-14-4-3-13-28(27)29)40-33-18-7-5-16-31(33)39(32-17-6-8-19-34(32)40)26-21-22-38-35(24-26)30-15-9-10-20-37(30)41-38/h1-24,30,37H. The maximum Gasteiger partial charge on any atom is 0.128 e. The van der Waals surface area contributed by atoms with E-state index in [9.17, 15) is 0 Å². The molecule has 7 aromatic rings. The first-order valence-corrected chi connectivity index (χ1v) is 14.4. The van der Waals surface area contributed by atoms with Gasteiger partial charge in [-0.15, -0.1) is 0 Å². The molecule has 9 rings (SSSR count). The predicted molar refractivity (Wildman–Crippen MR) is 173 cm³/mol. The summed E-state index contributed by atoms with van der Waals surface area (Å²) in [7, 11) is 0. The Hall–Kier alpha value is -5.14. The number of ether oxygens (including phenoxy) is 1. The Kier molecular flexibility index (Phi) is 4.80. The summed E-state index contributed by atoms with van der Waals surface area (Å²) in [6.45, 7) is 0. The molecule has 1 heterocycles. The Morgan fingerprint density at radius 2 is 1.05 bits per heavy atom. The molecule has 1 heteroatoms. The van der Waals surface area contributed by atoms with Crippen molar-refractivity contribution in [3.8, 4) is 28.0 Å². The van der Waals surface area contributed by atoms with E-state index in [0.29, 0.717) is 0 Å². The third kappa shape index (κ3) is 3.30. The Bertz CT molecular complexity index is 2190. The van der Waals surface area contributed by atoms with Gasteiger partial charge in [0.15, 0.2) is 0 Å². The minimum Gasteiger partial charge on any atom is -0.485 e. The van der Waals surface area contributed by atoms with E-state index >= 15 is 0 Å². The number of rotatable bonds is 2. The van der Waals surface area contributed by atoms with Crippen LogP contribution in [0.25, 0.3) is 65.3 Å². The fraction of sp³-hybridized carbons (Fsp3) is 0.0500. The molecule has 192 valence electrons. The molecule has 1 aliphatic carbocycles. The largest absolute Gasteiger partial charge is 0.485 e. The molecule has 0 fully saturated rings. The van der Waals surface area contributed by atoms with E-state index in [-0.39, 0.29) is 12.0 Å². The van der Waals surface area contributed by atoms with Crippen molar-refractivity contribution in [2.45, 2.75) is 12.0 Å². The van der Waals surface area contributed by atoms with Crippen molar-refractivity contribution >= 4 is 43.1 Å². The normalized spacial score (nSPS) is 17.3. The smallest absolute Gasteiger partial charge is 0.128 e. The number of benzene rings is 7. The Morgan fingerprint density at radius 3 is 1.78 bits per heavy atom. The second-order valence-corrected chi connectivity index (χ2v) is 11.2. The van der Waals surface area contributed by atoms with Crippen molar-refractivity contribution in [2.75, 3.05) is 0 Å². The molecule has 1 nitrogen and oxygen atoms in total. The van der Waals surface area contributed by atoms with Crippen LogP contribution in [0.3, 0.4) is 0 Å². The molecule has 2 unspecified atom stereocenters. The average molecular weight is 523 g/mol. The minimum atomic E-state index is 0.0855. The molecule has 0 N–H and O–H groups in total. The fourth-order valence-corrected chi connectivity index (χ4v) is 7.19. The summed E-state index contributed by atoms with van der Waals surface area (Å²) in [5.74, 6) is 1.25. The third-order valence-corrected chi connectivity index (χ3v) is 8.97. The predicted octanol–water partition coefficient (Wildman–Crippen LogP) is 10.6. The van der Waals surface area contributed by atoms with E-state index in [1.54, 1.807) is 0 Å². The number of hydrogen-bond acceptors (Lipinski definition) is 1. The molecule has 41 heavy (non-hydrogen) atoms. The topological polar surface area (TPSA) is 9.23 Å². The van der Waals surface area contributed by atoms with Gasteiger partial charge >= 0.3 is 0 Å². The van der Waals surface area contributed by atoms with E-state index in [1.165, 1.54) is 70.9 Å². The summed E-state index contributed by atoms with van der Waals surface area (Å²) >= 11 is 0. The monoisotopic (exact) mass is 522 g/mol. The second kappa shape index (κ2) is 8.68. The average Bonchev–Trinajstić information content (AvgIpc) is 3.41. The molecule has 0 saturated carbocycles. The van der Waals surface area contributed by atoms with Crippen molar-refractivity contribution in [1.82, 2.24) is 0 Å². The maximum absolute atomic E-state index is 6.29. The Labute approximate surface area is 238 Å². The number of allylic oxidation sites excluding steroid dienone is 2. The van der Waals surface area contributed by atoms with Gasteiger partial charge in [0.1, 0.15) is 11.9 Å². The maximum atomic E-state index is 6.29. The van der Waals surface area contributed by atoms with E-state index in [0.717, 1.165) is 5.75 Å². The molecule has 0 saturated heterocycles. The van der Waals surface area contributed by atoms with Gasteiger partial charge in [0, 0.05) is 11.5 Å². The molecule has 7 aromatic carbocycles. The van der Waals surface area contributed by atoms with Crippen molar-refractivity contribution in [2.24, 2.45) is 0 Å². The summed E-state index contributed by atoms with van der Waals surface area (Å²) in [6, 6.07) is 44.6. The molecule has 0 bridgehead atoms. The van der Waals surface area contributed by atoms with Crippen LogP contribution in [0, 0.1) is 0 Å². The van der Waals surface area contributed by atoms with Gasteiger partial charge in [0.25, 0.3) is 0 Å². The lowest BCUT2D eigenvalue weighted by molar-refractivity contribution is 0.269. The van der Waals surface area contributed by atoms with Crippen LogP contribution < -0.4 is 4.74 Å². The van der Waals surface area contributed by atoms with Crippen molar-refractivity contribution < 1.29 is 4.74 Å². The zero-order valence-corrected chi connectivity index (χ0v) is 22.4. The van der Waals surface area contributed by atoms with Crippen molar-refractivity contribution in [1.29, 1.82) is 0 Å². The molecular formula is C40H26O. The van der Waals surface area contributed by atoms with Crippen LogP contribution in [0.2, 0.25) is 0 Å². The van der Waals surface area contributed by atoms with Crippen LogP contribution in [0.4, 0.5) is 0 Å².